The van der Waals surface area contributed by atoms with Crippen molar-refractivity contribution < 1.29 is 0 Å². The molecule has 106 valence electrons. The van der Waals surface area contributed by atoms with E-state index in [1.54, 1.807) is 6.07 Å². The van der Waals surface area contributed by atoms with Gasteiger partial charge in [0.1, 0.15) is 0 Å². The van der Waals surface area contributed by atoms with E-state index in [4.69, 9.17) is 23.2 Å². The van der Waals surface area contributed by atoms with E-state index in [9.17, 15) is 0 Å². The van der Waals surface area contributed by atoms with Crippen molar-refractivity contribution in [3.05, 3.63) is 69.2 Å². The molecule has 0 amide bonds. The van der Waals surface area contributed by atoms with Crippen molar-refractivity contribution >= 4 is 23.2 Å². The molecule has 2 aromatic carbocycles. The Labute approximate surface area is 130 Å². The average Bonchev–Trinajstić information content (AvgIpc) is 2.44. The Bertz CT molecular complexity index is 567. The van der Waals surface area contributed by atoms with E-state index < -0.39 is 0 Å². The highest BCUT2D eigenvalue weighted by atomic mass is 35.5. The molecule has 2 N–H and O–H groups in total. The Morgan fingerprint density at radius 1 is 1.05 bits per heavy atom. The Morgan fingerprint density at radius 3 is 2.45 bits per heavy atom. The molecule has 0 saturated heterocycles. The maximum Gasteiger partial charge on any atom is 0.0640 e. The lowest BCUT2D eigenvalue weighted by Crippen LogP contribution is -2.33. The van der Waals surface area contributed by atoms with Gasteiger partial charge in [-0.1, -0.05) is 65.2 Å². The Hall–Kier alpha value is -1.06. The van der Waals surface area contributed by atoms with Gasteiger partial charge in [0, 0.05) is 12.6 Å². The Balaban J connectivity index is 1.90. The summed E-state index contributed by atoms with van der Waals surface area (Å²) in [5.41, 5.74) is 9.93. The van der Waals surface area contributed by atoms with E-state index in [0.29, 0.717) is 10.0 Å². The summed E-state index contributed by atoms with van der Waals surface area (Å²) in [4.78, 5) is 0. The third-order valence-corrected chi connectivity index (χ3v) is 4.01. The fourth-order valence-corrected chi connectivity index (χ4v) is 2.42. The van der Waals surface area contributed by atoms with Crippen molar-refractivity contribution in [2.75, 3.05) is 0 Å². The van der Waals surface area contributed by atoms with Crippen molar-refractivity contribution in [1.82, 2.24) is 10.9 Å². The molecule has 0 aliphatic heterocycles. The fraction of sp³-hybridized carbons (Fsp3) is 0.250. The van der Waals surface area contributed by atoms with Crippen molar-refractivity contribution in [3.63, 3.8) is 0 Å². The fourth-order valence-electron chi connectivity index (χ4n) is 1.94. The van der Waals surface area contributed by atoms with Crippen LogP contribution in [0.25, 0.3) is 0 Å². The molecule has 0 saturated carbocycles. The van der Waals surface area contributed by atoms with Gasteiger partial charge in [0.05, 0.1) is 10.0 Å². The first-order valence-electron chi connectivity index (χ1n) is 6.56. The predicted molar refractivity (Wildman–Crippen MR) is 86.0 cm³/mol. The van der Waals surface area contributed by atoms with Crippen LogP contribution in [-0.2, 0) is 6.54 Å². The number of rotatable bonds is 5. The maximum atomic E-state index is 6.20. The number of nitrogens with one attached hydrogen (secondary N) is 2. The van der Waals surface area contributed by atoms with Gasteiger partial charge in [0.15, 0.2) is 0 Å². The largest absolute Gasteiger partial charge is 0.253 e. The summed E-state index contributed by atoms with van der Waals surface area (Å²) >= 11 is 12.2. The molecule has 0 radical (unpaired) electrons. The van der Waals surface area contributed by atoms with Gasteiger partial charge < -0.3 is 0 Å². The minimum atomic E-state index is 0.0756. The first-order valence-corrected chi connectivity index (χ1v) is 7.31. The lowest BCUT2D eigenvalue weighted by atomic mass is 10.1. The third kappa shape index (κ3) is 3.97. The predicted octanol–water partition coefficient (Wildman–Crippen LogP) is 4.66. The van der Waals surface area contributed by atoms with Gasteiger partial charge in [-0.05, 0) is 31.0 Å². The van der Waals surface area contributed by atoms with Gasteiger partial charge >= 0.3 is 0 Å². The van der Waals surface area contributed by atoms with Crippen LogP contribution in [0.4, 0.5) is 0 Å². The normalized spacial score (nSPS) is 12.4. The summed E-state index contributed by atoms with van der Waals surface area (Å²) in [6, 6.07) is 14.2. The highest BCUT2D eigenvalue weighted by molar-refractivity contribution is 6.42. The summed E-state index contributed by atoms with van der Waals surface area (Å²) in [5, 5.41) is 1.18. The minimum absolute atomic E-state index is 0.0756. The monoisotopic (exact) mass is 308 g/mol. The van der Waals surface area contributed by atoms with Crippen molar-refractivity contribution in [3.8, 4) is 0 Å². The summed E-state index contributed by atoms with van der Waals surface area (Å²) in [6.07, 6.45) is 0. The molecule has 4 heteroatoms. The molecule has 0 bridgehead atoms. The Kier molecular flexibility index (Phi) is 5.44. The number of hydrogen-bond acceptors (Lipinski definition) is 2. The molecule has 2 aromatic rings. The molecular weight excluding hydrogens is 291 g/mol. The maximum absolute atomic E-state index is 6.20. The van der Waals surface area contributed by atoms with E-state index in [1.807, 2.05) is 19.1 Å². The molecule has 0 aliphatic carbocycles. The second-order valence-corrected chi connectivity index (χ2v) is 5.63. The van der Waals surface area contributed by atoms with Gasteiger partial charge in [0.25, 0.3) is 0 Å². The molecule has 0 aliphatic rings. The molecule has 20 heavy (non-hydrogen) atoms. The number of hydrogen-bond donors (Lipinski definition) is 2. The first-order chi connectivity index (χ1) is 9.58. The molecule has 0 spiro atoms. The van der Waals surface area contributed by atoms with Crippen LogP contribution in [0.3, 0.4) is 0 Å². The topological polar surface area (TPSA) is 24.1 Å². The van der Waals surface area contributed by atoms with Gasteiger partial charge in [-0.25, -0.2) is 0 Å². The van der Waals surface area contributed by atoms with Gasteiger partial charge in [-0.2, -0.15) is 0 Å². The SMILES string of the molecule is Cc1ccc(CNNC(C)c2cccc(Cl)c2Cl)cc1. The molecule has 1 unspecified atom stereocenters. The zero-order chi connectivity index (χ0) is 14.5. The molecule has 1 atom stereocenters. The second kappa shape index (κ2) is 7.09. The highest BCUT2D eigenvalue weighted by Crippen LogP contribution is 2.29. The van der Waals surface area contributed by atoms with E-state index in [1.165, 1.54) is 11.1 Å². The molecule has 0 heterocycles. The van der Waals surface area contributed by atoms with Crippen molar-refractivity contribution in [2.45, 2.75) is 26.4 Å². The van der Waals surface area contributed by atoms with Crippen LogP contribution in [0, 0.1) is 6.92 Å². The van der Waals surface area contributed by atoms with Crippen molar-refractivity contribution in [1.29, 1.82) is 0 Å². The summed E-state index contributed by atoms with van der Waals surface area (Å²) in [5.74, 6) is 0. The molecular formula is C16H18Cl2N2. The van der Waals surface area contributed by atoms with Crippen LogP contribution >= 0.6 is 23.2 Å². The standard InChI is InChI=1S/C16H18Cl2N2/c1-11-6-8-13(9-7-11)10-19-20-12(2)14-4-3-5-15(17)16(14)18/h3-9,12,19-20H,10H2,1-2H3. The average molecular weight is 309 g/mol. The van der Waals surface area contributed by atoms with Gasteiger partial charge in [0.2, 0.25) is 0 Å². The minimum Gasteiger partial charge on any atom is -0.253 e. The summed E-state index contributed by atoms with van der Waals surface area (Å²) in [6.45, 7) is 4.88. The van der Waals surface area contributed by atoms with Crippen LogP contribution in [-0.4, -0.2) is 0 Å². The smallest absolute Gasteiger partial charge is 0.0640 e. The quantitative estimate of drug-likeness (QED) is 0.785. The van der Waals surface area contributed by atoms with E-state index in [0.717, 1.165) is 12.1 Å². The lowest BCUT2D eigenvalue weighted by molar-refractivity contribution is 0.460. The first kappa shape index (κ1) is 15.3. The zero-order valence-corrected chi connectivity index (χ0v) is 13.1. The summed E-state index contributed by atoms with van der Waals surface area (Å²) in [7, 11) is 0. The van der Waals surface area contributed by atoms with Gasteiger partial charge in [-0.15, -0.1) is 0 Å². The summed E-state index contributed by atoms with van der Waals surface area (Å²) < 4.78 is 0. The van der Waals surface area contributed by atoms with E-state index in [-0.39, 0.29) is 6.04 Å². The van der Waals surface area contributed by atoms with Crippen LogP contribution in [0.5, 0.6) is 0 Å². The van der Waals surface area contributed by atoms with E-state index >= 15 is 0 Å². The molecule has 0 aromatic heterocycles. The lowest BCUT2D eigenvalue weighted by Gasteiger charge is -2.17. The van der Waals surface area contributed by atoms with Crippen LogP contribution in [0.15, 0.2) is 42.5 Å². The number of benzene rings is 2. The molecule has 2 nitrogen and oxygen atoms in total. The van der Waals surface area contributed by atoms with Crippen LogP contribution in [0.2, 0.25) is 10.0 Å². The second-order valence-electron chi connectivity index (χ2n) is 4.85. The number of halogens is 2. The molecule has 2 rings (SSSR count). The number of aryl methyl sites for hydroxylation is 1. The zero-order valence-electron chi connectivity index (χ0n) is 11.6. The van der Waals surface area contributed by atoms with Crippen molar-refractivity contribution in [2.24, 2.45) is 0 Å². The van der Waals surface area contributed by atoms with E-state index in [2.05, 4.69) is 42.0 Å². The third-order valence-electron chi connectivity index (χ3n) is 3.18. The molecule has 0 fully saturated rings. The number of hydrazine groups is 1. The van der Waals surface area contributed by atoms with Gasteiger partial charge in [-0.3, -0.25) is 10.9 Å². The van der Waals surface area contributed by atoms with Crippen LogP contribution in [0.1, 0.15) is 29.7 Å². The highest BCUT2D eigenvalue weighted by Gasteiger charge is 2.10. The van der Waals surface area contributed by atoms with Crippen LogP contribution < -0.4 is 10.9 Å². The Morgan fingerprint density at radius 2 is 1.75 bits per heavy atom.